The molecule has 2 nitrogen and oxygen atoms in total. The second-order valence-electron chi connectivity index (χ2n) is 3.94. The highest BCUT2D eigenvalue weighted by Crippen LogP contribution is 2.44. The maximum absolute atomic E-state index is 6.12. The summed E-state index contributed by atoms with van der Waals surface area (Å²) in [6, 6.07) is 1.86. The van der Waals surface area contributed by atoms with Crippen molar-refractivity contribution >= 4 is 50.5 Å². The summed E-state index contributed by atoms with van der Waals surface area (Å²) in [5.41, 5.74) is 1.02. The van der Waals surface area contributed by atoms with Crippen LogP contribution in [0.5, 0.6) is 0 Å². The highest BCUT2D eigenvalue weighted by Gasteiger charge is 2.29. The molecular formula is C11H7BrCl2N2S. The predicted octanol–water partition coefficient (Wildman–Crippen LogP) is 5.15. The van der Waals surface area contributed by atoms with Gasteiger partial charge in [-0.25, -0.2) is 9.97 Å². The molecule has 2 aromatic rings. The molecule has 0 bridgehead atoms. The van der Waals surface area contributed by atoms with Crippen LogP contribution in [0.3, 0.4) is 0 Å². The number of thiophene rings is 1. The van der Waals surface area contributed by atoms with E-state index in [-0.39, 0.29) is 0 Å². The monoisotopic (exact) mass is 348 g/mol. The molecule has 0 aromatic carbocycles. The van der Waals surface area contributed by atoms with Gasteiger partial charge in [-0.15, -0.1) is 11.3 Å². The van der Waals surface area contributed by atoms with Gasteiger partial charge in [-0.2, -0.15) is 0 Å². The summed E-state index contributed by atoms with van der Waals surface area (Å²) in [5, 5.41) is 3.05. The van der Waals surface area contributed by atoms with Gasteiger partial charge < -0.3 is 0 Å². The number of halogens is 3. The quantitative estimate of drug-likeness (QED) is 0.700. The fraction of sp³-hybridized carbons (Fsp3) is 0.273. The van der Waals surface area contributed by atoms with Gasteiger partial charge in [0.15, 0.2) is 5.82 Å². The highest BCUT2D eigenvalue weighted by atomic mass is 79.9. The first-order valence-corrected chi connectivity index (χ1v) is 7.55. The summed E-state index contributed by atoms with van der Waals surface area (Å²) in [6.07, 6.45) is 2.35. The van der Waals surface area contributed by atoms with Crippen molar-refractivity contribution in [3.63, 3.8) is 0 Å². The Balaban J connectivity index is 2.11. The Kier molecular flexibility index (Phi) is 3.15. The fourth-order valence-electron chi connectivity index (χ4n) is 1.60. The van der Waals surface area contributed by atoms with Gasteiger partial charge in [0, 0.05) is 11.3 Å². The third-order valence-electron chi connectivity index (χ3n) is 2.59. The summed E-state index contributed by atoms with van der Waals surface area (Å²) >= 11 is 17.0. The van der Waals surface area contributed by atoms with Crippen LogP contribution in [0.25, 0.3) is 10.7 Å². The standard InChI is InChI=1S/C11H7BrCl2N2S/c12-8-9(5-1-2-5)15-11(16-10(8)14)7-3-6(13)4-17-7/h3-5H,1-2H2. The van der Waals surface area contributed by atoms with Gasteiger partial charge in [-0.05, 0) is 34.8 Å². The van der Waals surface area contributed by atoms with E-state index >= 15 is 0 Å². The van der Waals surface area contributed by atoms with Gasteiger partial charge in [0.2, 0.25) is 0 Å². The van der Waals surface area contributed by atoms with Crippen LogP contribution in [0, 0.1) is 0 Å². The molecule has 0 radical (unpaired) electrons. The molecule has 0 N–H and O–H groups in total. The van der Waals surface area contributed by atoms with Crippen LogP contribution in [-0.2, 0) is 0 Å². The van der Waals surface area contributed by atoms with Crippen molar-refractivity contribution in [2.45, 2.75) is 18.8 Å². The normalized spacial score (nSPS) is 15.2. The van der Waals surface area contributed by atoms with Gasteiger partial charge in [-0.1, -0.05) is 23.2 Å². The largest absolute Gasteiger partial charge is 0.231 e. The summed E-state index contributed by atoms with van der Waals surface area (Å²) in [4.78, 5) is 9.82. The Bertz CT molecular complexity index is 581. The molecule has 0 aliphatic heterocycles. The predicted molar refractivity (Wildman–Crippen MR) is 75.0 cm³/mol. The SMILES string of the molecule is Clc1csc(-c2nc(Cl)c(Br)c(C3CC3)n2)c1. The molecule has 0 amide bonds. The zero-order valence-electron chi connectivity index (χ0n) is 8.58. The Morgan fingerprint density at radius 1 is 1.29 bits per heavy atom. The second kappa shape index (κ2) is 4.50. The third-order valence-corrected chi connectivity index (χ3v) is 5.15. The van der Waals surface area contributed by atoms with Crippen molar-refractivity contribution in [2.24, 2.45) is 0 Å². The van der Waals surface area contributed by atoms with Crippen molar-refractivity contribution < 1.29 is 0 Å². The van der Waals surface area contributed by atoms with E-state index in [1.54, 1.807) is 0 Å². The van der Waals surface area contributed by atoms with Crippen LogP contribution in [0.2, 0.25) is 10.2 Å². The maximum Gasteiger partial charge on any atom is 0.171 e. The van der Waals surface area contributed by atoms with Crippen molar-refractivity contribution in [3.05, 3.63) is 31.8 Å². The first kappa shape index (κ1) is 11.9. The van der Waals surface area contributed by atoms with E-state index in [4.69, 9.17) is 23.2 Å². The Hall–Kier alpha value is -0.160. The molecular weight excluding hydrogens is 343 g/mol. The van der Waals surface area contributed by atoms with E-state index in [0.717, 1.165) is 15.0 Å². The molecule has 1 fully saturated rings. The number of hydrogen-bond donors (Lipinski definition) is 0. The third kappa shape index (κ3) is 2.36. The van der Waals surface area contributed by atoms with Crippen molar-refractivity contribution in [1.82, 2.24) is 9.97 Å². The lowest BCUT2D eigenvalue weighted by molar-refractivity contribution is 0.982. The minimum atomic E-state index is 0.474. The van der Waals surface area contributed by atoms with E-state index in [2.05, 4.69) is 25.9 Å². The number of rotatable bonds is 2. The number of hydrogen-bond acceptors (Lipinski definition) is 3. The van der Waals surface area contributed by atoms with Gasteiger partial charge in [0.1, 0.15) is 5.15 Å². The Labute approximate surface area is 121 Å². The molecule has 0 saturated heterocycles. The van der Waals surface area contributed by atoms with Crippen LogP contribution in [0.1, 0.15) is 24.5 Å². The lowest BCUT2D eigenvalue weighted by Crippen LogP contribution is -1.96. The molecule has 3 rings (SSSR count). The summed E-state index contributed by atoms with van der Waals surface area (Å²) in [7, 11) is 0. The second-order valence-corrected chi connectivity index (χ2v) is 6.44. The molecule has 0 spiro atoms. The molecule has 1 saturated carbocycles. The average Bonchev–Trinajstić information content (AvgIpc) is 3.05. The molecule has 0 atom stereocenters. The van der Waals surface area contributed by atoms with Crippen LogP contribution in [0.15, 0.2) is 15.9 Å². The minimum Gasteiger partial charge on any atom is -0.231 e. The van der Waals surface area contributed by atoms with Crippen molar-refractivity contribution in [2.75, 3.05) is 0 Å². The minimum absolute atomic E-state index is 0.474. The Morgan fingerprint density at radius 3 is 2.65 bits per heavy atom. The summed E-state index contributed by atoms with van der Waals surface area (Å²) < 4.78 is 0.827. The maximum atomic E-state index is 6.12. The van der Waals surface area contributed by atoms with Gasteiger partial charge in [0.25, 0.3) is 0 Å². The van der Waals surface area contributed by atoms with Crippen LogP contribution in [-0.4, -0.2) is 9.97 Å². The summed E-state index contributed by atoms with van der Waals surface area (Å²) in [6.45, 7) is 0. The molecule has 17 heavy (non-hydrogen) atoms. The highest BCUT2D eigenvalue weighted by molar-refractivity contribution is 9.10. The zero-order chi connectivity index (χ0) is 12.0. The van der Waals surface area contributed by atoms with E-state index in [1.165, 1.54) is 24.2 Å². The zero-order valence-corrected chi connectivity index (χ0v) is 12.5. The smallest absolute Gasteiger partial charge is 0.171 e. The summed E-state index contributed by atoms with van der Waals surface area (Å²) in [5.74, 6) is 1.19. The molecule has 1 aliphatic rings. The lowest BCUT2D eigenvalue weighted by Gasteiger charge is -2.05. The van der Waals surface area contributed by atoms with Crippen LogP contribution < -0.4 is 0 Å². The topological polar surface area (TPSA) is 25.8 Å². The fourth-order valence-corrected chi connectivity index (χ4v) is 3.29. The Morgan fingerprint density at radius 2 is 2.06 bits per heavy atom. The van der Waals surface area contributed by atoms with Gasteiger partial charge >= 0.3 is 0 Å². The van der Waals surface area contributed by atoms with E-state index in [0.29, 0.717) is 21.9 Å². The van der Waals surface area contributed by atoms with Gasteiger partial charge in [-0.3, -0.25) is 0 Å². The molecule has 1 aliphatic carbocycles. The molecule has 88 valence electrons. The lowest BCUT2D eigenvalue weighted by atomic mass is 10.3. The van der Waals surface area contributed by atoms with Crippen molar-refractivity contribution in [1.29, 1.82) is 0 Å². The molecule has 0 unspecified atom stereocenters. The van der Waals surface area contributed by atoms with Crippen LogP contribution in [0.4, 0.5) is 0 Å². The van der Waals surface area contributed by atoms with E-state index in [1.807, 2.05) is 11.4 Å². The molecule has 2 aromatic heterocycles. The number of nitrogens with zero attached hydrogens (tertiary/aromatic N) is 2. The first-order valence-electron chi connectivity index (χ1n) is 5.12. The van der Waals surface area contributed by atoms with E-state index in [9.17, 15) is 0 Å². The molecule has 2 heterocycles. The average molecular weight is 350 g/mol. The van der Waals surface area contributed by atoms with Crippen LogP contribution >= 0.6 is 50.5 Å². The first-order chi connectivity index (χ1) is 8.15. The number of aromatic nitrogens is 2. The van der Waals surface area contributed by atoms with Gasteiger partial charge in [0.05, 0.1) is 20.1 Å². The molecule has 6 heteroatoms. The van der Waals surface area contributed by atoms with Crippen molar-refractivity contribution in [3.8, 4) is 10.7 Å². The van der Waals surface area contributed by atoms with E-state index < -0.39 is 0 Å².